The summed E-state index contributed by atoms with van der Waals surface area (Å²) >= 11 is 8.12. The molecule has 1 heterocycles. The van der Waals surface area contributed by atoms with Gasteiger partial charge < -0.3 is 9.47 Å². The number of carbonyl (C=O) groups is 2. The third-order valence-electron chi connectivity index (χ3n) is 8.44. The first-order valence-electron chi connectivity index (χ1n) is 15.4. The number of aromatic nitrogens is 1. The molecule has 0 unspecified atom stereocenters. The molecule has 7 heteroatoms. The van der Waals surface area contributed by atoms with E-state index in [1.807, 2.05) is 68.1 Å². The molecule has 45 heavy (non-hydrogen) atoms. The van der Waals surface area contributed by atoms with E-state index < -0.39 is 5.60 Å². The van der Waals surface area contributed by atoms with Gasteiger partial charge in [-0.25, -0.2) is 4.98 Å². The van der Waals surface area contributed by atoms with Gasteiger partial charge in [-0.3, -0.25) is 9.59 Å². The summed E-state index contributed by atoms with van der Waals surface area (Å²) in [6.45, 7) is 5.34. The van der Waals surface area contributed by atoms with E-state index in [1.165, 1.54) is 25.2 Å². The molecule has 5 rings (SSSR count). The van der Waals surface area contributed by atoms with Crippen LogP contribution in [0.4, 0.5) is 0 Å². The number of thioether (sulfide) groups is 1. The monoisotopic (exact) mass is 641 g/mol. The maximum atomic E-state index is 12.1. The van der Waals surface area contributed by atoms with Gasteiger partial charge in [0.15, 0.2) is 0 Å². The van der Waals surface area contributed by atoms with Crippen molar-refractivity contribution in [3.05, 3.63) is 112 Å². The zero-order valence-electron chi connectivity index (χ0n) is 26.3. The van der Waals surface area contributed by atoms with Crippen molar-refractivity contribution in [1.29, 1.82) is 0 Å². The number of aryl methyl sites for hydroxylation is 1. The average Bonchev–Trinajstić information content (AvgIpc) is 3.78. The number of methoxy groups -OCH3 is 1. The van der Waals surface area contributed by atoms with Gasteiger partial charge in [-0.2, -0.15) is 11.8 Å². The number of pyridine rings is 1. The van der Waals surface area contributed by atoms with E-state index in [2.05, 4.69) is 48.5 Å². The molecular formula is C38H40ClNO4S. The highest BCUT2D eigenvalue weighted by molar-refractivity contribution is 7.99. The fraction of sp³-hybridized carbons (Fsp3) is 0.342. The van der Waals surface area contributed by atoms with Crippen molar-refractivity contribution in [3.8, 4) is 0 Å². The minimum Gasteiger partial charge on any atom is -0.469 e. The lowest BCUT2D eigenvalue weighted by Gasteiger charge is -2.28. The second kappa shape index (κ2) is 14.2. The molecule has 5 nitrogen and oxygen atoms in total. The van der Waals surface area contributed by atoms with Gasteiger partial charge in [0.1, 0.15) is 5.60 Å². The molecule has 0 saturated heterocycles. The maximum absolute atomic E-state index is 12.1. The largest absolute Gasteiger partial charge is 0.469 e. The van der Waals surface area contributed by atoms with Crippen LogP contribution in [0.1, 0.15) is 79.7 Å². The molecule has 234 valence electrons. The SMILES string of the molecule is COC(=O)CC1(CS[C@H](CCc2ccccc2C(C)(C)OC(C)=O)c2cccc(/C=C/c3ccc4ccc(Cl)cc4n3)c2)CC1. The first-order valence-corrected chi connectivity index (χ1v) is 16.8. The average molecular weight is 642 g/mol. The third kappa shape index (κ3) is 8.77. The number of halogens is 1. The molecule has 1 fully saturated rings. The molecule has 0 bridgehead atoms. The molecule has 1 aliphatic carbocycles. The molecule has 0 radical (unpaired) electrons. The number of hydrogen-bond donors (Lipinski definition) is 0. The number of fused-ring (bicyclic) bond motifs is 1. The Labute approximate surface area is 275 Å². The molecule has 1 aliphatic rings. The van der Waals surface area contributed by atoms with Crippen LogP contribution in [0.15, 0.2) is 78.9 Å². The van der Waals surface area contributed by atoms with Gasteiger partial charge in [-0.15, -0.1) is 0 Å². The number of hydrogen-bond acceptors (Lipinski definition) is 6. The summed E-state index contributed by atoms with van der Waals surface area (Å²) in [7, 11) is 1.46. The quantitative estimate of drug-likeness (QED) is 0.135. The van der Waals surface area contributed by atoms with Crippen molar-refractivity contribution in [2.45, 2.75) is 63.7 Å². The van der Waals surface area contributed by atoms with Gasteiger partial charge in [0.2, 0.25) is 0 Å². The highest BCUT2D eigenvalue weighted by Crippen LogP contribution is 2.53. The first kappa shape index (κ1) is 32.8. The van der Waals surface area contributed by atoms with Crippen LogP contribution in [-0.4, -0.2) is 29.8 Å². The molecule has 3 aromatic carbocycles. The third-order valence-corrected chi connectivity index (χ3v) is 10.4. The Bertz CT molecular complexity index is 1710. The zero-order chi connectivity index (χ0) is 32.0. The maximum Gasteiger partial charge on any atom is 0.306 e. The van der Waals surface area contributed by atoms with Crippen molar-refractivity contribution in [1.82, 2.24) is 4.98 Å². The summed E-state index contributed by atoms with van der Waals surface area (Å²) in [6, 6.07) is 26.7. The van der Waals surface area contributed by atoms with Crippen LogP contribution in [0.25, 0.3) is 23.1 Å². The normalized spacial score (nSPS) is 14.8. The molecule has 1 aromatic heterocycles. The topological polar surface area (TPSA) is 65.5 Å². The molecule has 0 N–H and O–H groups in total. The van der Waals surface area contributed by atoms with Gasteiger partial charge in [0.05, 0.1) is 24.7 Å². The zero-order valence-corrected chi connectivity index (χ0v) is 27.9. The highest BCUT2D eigenvalue weighted by atomic mass is 35.5. The Morgan fingerprint density at radius 2 is 1.80 bits per heavy atom. The van der Waals surface area contributed by atoms with Crippen LogP contribution >= 0.6 is 23.4 Å². The molecule has 1 saturated carbocycles. The van der Waals surface area contributed by atoms with E-state index in [0.29, 0.717) is 11.4 Å². The summed E-state index contributed by atoms with van der Waals surface area (Å²) in [5.41, 5.74) is 5.56. The molecule has 0 amide bonds. The number of benzene rings is 3. The van der Waals surface area contributed by atoms with Crippen LogP contribution in [0.2, 0.25) is 5.02 Å². The smallest absolute Gasteiger partial charge is 0.306 e. The van der Waals surface area contributed by atoms with Crippen molar-refractivity contribution < 1.29 is 19.1 Å². The van der Waals surface area contributed by atoms with E-state index in [4.69, 9.17) is 26.1 Å². The summed E-state index contributed by atoms with van der Waals surface area (Å²) in [5.74, 6) is 0.468. The lowest BCUT2D eigenvalue weighted by Crippen LogP contribution is -2.25. The van der Waals surface area contributed by atoms with Gasteiger partial charge in [-0.1, -0.05) is 78.3 Å². The minimum atomic E-state index is -0.726. The Morgan fingerprint density at radius 3 is 2.56 bits per heavy atom. The van der Waals surface area contributed by atoms with Crippen LogP contribution < -0.4 is 0 Å². The van der Waals surface area contributed by atoms with Gasteiger partial charge >= 0.3 is 11.9 Å². The van der Waals surface area contributed by atoms with Crippen LogP contribution in [0.3, 0.4) is 0 Å². The highest BCUT2D eigenvalue weighted by Gasteiger charge is 2.45. The van der Waals surface area contributed by atoms with Gasteiger partial charge in [0.25, 0.3) is 0 Å². The number of nitrogens with zero attached hydrogens (tertiary/aromatic N) is 1. The Morgan fingerprint density at radius 1 is 1.02 bits per heavy atom. The van der Waals surface area contributed by atoms with Crippen molar-refractivity contribution >= 4 is 58.4 Å². The van der Waals surface area contributed by atoms with E-state index in [0.717, 1.165) is 59.2 Å². The summed E-state index contributed by atoms with van der Waals surface area (Å²) in [4.78, 5) is 28.8. The predicted molar refractivity (Wildman–Crippen MR) is 185 cm³/mol. The summed E-state index contributed by atoms with van der Waals surface area (Å²) < 4.78 is 10.7. The summed E-state index contributed by atoms with van der Waals surface area (Å²) in [6.07, 6.45) is 8.42. The summed E-state index contributed by atoms with van der Waals surface area (Å²) in [5, 5.41) is 1.93. The molecule has 0 spiro atoms. The molecular weight excluding hydrogens is 602 g/mol. The van der Waals surface area contributed by atoms with E-state index in [1.54, 1.807) is 0 Å². The number of carbonyl (C=O) groups excluding carboxylic acids is 2. The fourth-order valence-electron chi connectivity index (χ4n) is 5.82. The molecule has 1 atom stereocenters. The fourth-order valence-corrected chi connectivity index (χ4v) is 7.56. The van der Waals surface area contributed by atoms with E-state index in [9.17, 15) is 9.59 Å². The number of rotatable bonds is 13. The second-order valence-corrected chi connectivity index (χ2v) is 14.1. The van der Waals surface area contributed by atoms with Gasteiger partial charge in [-0.05, 0) is 91.5 Å². The Balaban J connectivity index is 1.38. The predicted octanol–water partition coefficient (Wildman–Crippen LogP) is 9.61. The number of ether oxygens (including phenoxy) is 2. The standard InChI is InChI=1S/C38H40ClNO4S/c1-26(41)44-37(2,3)33-11-6-5-9-28(33)15-19-35(45-25-38(20-21-38)24-36(42)43-4)30-10-7-8-27(22-30)12-17-32-18-14-29-13-16-31(39)23-34(29)40-32/h5-14,16-18,22-23,35H,15,19-21,24-25H2,1-4H3/b17-12+/t35-/m1/s1. The first-order chi connectivity index (χ1) is 21.6. The second-order valence-electron chi connectivity index (χ2n) is 12.4. The van der Waals surface area contributed by atoms with Crippen molar-refractivity contribution in [2.24, 2.45) is 5.41 Å². The van der Waals surface area contributed by atoms with Gasteiger partial charge in [0, 0.05) is 28.3 Å². The molecule has 4 aromatic rings. The Kier molecular flexibility index (Phi) is 10.4. The van der Waals surface area contributed by atoms with Crippen LogP contribution in [0.5, 0.6) is 0 Å². The van der Waals surface area contributed by atoms with Crippen molar-refractivity contribution in [2.75, 3.05) is 12.9 Å². The Hall–Kier alpha value is -3.61. The van der Waals surface area contributed by atoms with E-state index in [-0.39, 0.29) is 22.6 Å². The van der Waals surface area contributed by atoms with Crippen LogP contribution in [-0.2, 0) is 31.1 Å². The van der Waals surface area contributed by atoms with E-state index >= 15 is 0 Å². The molecule has 0 aliphatic heterocycles. The van der Waals surface area contributed by atoms with Crippen molar-refractivity contribution in [3.63, 3.8) is 0 Å². The minimum absolute atomic E-state index is 0.0212. The number of esters is 2. The van der Waals surface area contributed by atoms with Crippen LogP contribution in [0, 0.1) is 5.41 Å². The lowest BCUT2D eigenvalue weighted by molar-refractivity contribution is -0.154. The lowest BCUT2D eigenvalue weighted by atomic mass is 9.90.